The van der Waals surface area contributed by atoms with Crippen LogP contribution in [0, 0.1) is 0 Å². The first-order valence-corrected chi connectivity index (χ1v) is 12.7. The van der Waals surface area contributed by atoms with E-state index in [4.69, 9.17) is 26.1 Å². The molecule has 0 radical (unpaired) electrons. The predicted octanol–water partition coefficient (Wildman–Crippen LogP) is 4.81. The highest BCUT2D eigenvalue weighted by Gasteiger charge is 2.21. The number of thioether (sulfide) groups is 1. The maximum Gasteiger partial charge on any atom is 0.229 e. The summed E-state index contributed by atoms with van der Waals surface area (Å²) in [6, 6.07) is 13.5. The molecule has 0 spiro atoms. The van der Waals surface area contributed by atoms with Crippen LogP contribution >= 0.6 is 34.7 Å². The summed E-state index contributed by atoms with van der Waals surface area (Å²) in [7, 11) is 1.64. The number of carbonyl (C=O) groups is 1. The first kappa shape index (κ1) is 23.3. The normalized spacial score (nSPS) is 14.6. The standard InChI is InChI=1S/C23H26ClN3O3S2/c1-29-18-4-7-21-20(16-18)25-23(32-21)27(10-9-26-11-13-30-14-12-26)22(28)8-15-31-19-5-2-17(24)3-6-19/h2-7,16H,8-15H2,1H3. The molecular weight excluding hydrogens is 466 g/mol. The molecule has 6 nitrogen and oxygen atoms in total. The van der Waals surface area contributed by atoms with Crippen molar-refractivity contribution < 1.29 is 14.3 Å². The van der Waals surface area contributed by atoms with Gasteiger partial charge in [0.25, 0.3) is 0 Å². The van der Waals surface area contributed by atoms with E-state index in [0.717, 1.165) is 58.8 Å². The zero-order valence-corrected chi connectivity index (χ0v) is 20.3. The van der Waals surface area contributed by atoms with Gasteiger partial charge >= 0.3 is 0 Å². The number of ether oxygens (including phenoxy) is 2. The Labute approximate surface area is 201 Å². The van der Waals surface area contributed by atoms with Crippen LogP contribution in [0.5, 0.6) is 5.75 Å². The lowest BCUT2D eigenvalue weighted by atomic mass is 10.3. The van der Waals surface area contributed by atoms with E-state index in [1.54, 1.807) is 30.2 Å². The molecule has 0 N–H and O–H groups in total. The lowest BCUT2D eigenvalue weighted by Gasteiger charge is -2.29. The molecule has 0 bridgehead atoms. The van der Waals surface area contributed by atoms with Crippen molar-refractivity contribution in [3.8, 4) is 5.75 Å². The highest BCUT2D eigenvalue weighted by Crippen LogP contribution is 2.32. The van der Waals surface area contributed by atoms with Crippen molar-refractivity contribution in [2.75, 3.05) is 57.2 Å². The SMILES string of the molecule is COc1ccc2sc(N(CCN3CCOCC3)C(=O)CCSc3ccc(Cl)cc3)nc2c1. The van der Waals surface area contributed by atoms with Gasteiger partial charge in [-0.15, -0.1) is 11.8 Å². The predicted molar refractivity (Wildman–Crippen MR) is 133 cm³/mol. The molecule has 2 aromatic carbocycles. The van der Waals surface area contributed by atoms with E-state index >= 15 is 0 Å². The molecule has 1 amide bonds. The number of carbonyl (C=O) groups excluding carboxylic acids is 1. The van der Waals surface area contributed by atoms with Gasteiger partial charge in [-0.2, -0.15) is 0 Å². The van der Waals surface area contributed by atoms with Crippen molar-refractivity contribution in [1.29, 1.82) is 0 Å². The minimum Gasteiger partial charge on any atom is -0.497 e. The Morgan fingerprint density at radius 1 is 1.25 bits per heavy atom. The van der Waals surface area contributed by atoms with Gasteiger partial charge in [0, 0.05) is 54.3 Å². The van der Waals surface area contributed by atoms with E-state index < -0.39 is 0 Å². The molecule has 1 saturated heterocycles. The molecule has 1 fully saturated rings. The first-order valence-electron chi connectivity index (χ1n) is 10.6. The Hall–Kier alpha value is -1.84. The topological polar surface area (TPSA) is 54.9 Å². The number of benzene rings is 2. The van der Waals surface area contributed by atoms with Crippen molar-refractivity contribution in [2.24, 2.45) is 0 Å². The third-order valence-corrected chi connectivity index (χ3v) is 7.58. The summed E-state index contributed by atoms with van der Waals surface area (Å²) in [5.41, 5.74) is 0.851. The van der Waals surface area contributed by atoms with E-state index in [-0.39, 0.29) is 5.91 Å². The van der Waals surface area contributed by atoms with E-state index in [9.17, 15) is 4.79 Å². The van der Waals surface area contributed by atoms with Crippen LogP contribution in [0.2, 0.25) is 5.02 Å². The molecule has 32 heavy (non-hydrogen) atoms. The number of methoxy groups -OCH3 is 1. The summed E-state index contributed by atoms with van der Waals surface area (Å²) in [6.45, 7) is 4.69. The number of morpholine rings is 1. The van der Waals surface area contributed by atoms with E-state index in [2.05, 4.69) is 4.90 Å². The lowest BCUT2D eigenvalue weighted by Crippen LogP contribution is -2.43. The lowest BCUT2D eigenvalue weighted by molar-refractivity contribution is -0.118. The zero-order chi connectivity index (χ0) is 22.3. The quantitative estimate of drug-likeness (QED) is 0.400. The zero-order valence-electron chi connectivity index (χ0n) is 18.0. The van der Waals surface area contributed by atoms with Crippen molar-refractivity contribution in [2.45, 2.75) is 11.3 Å². The van der Waals surface area contributed by atoms with Crippen LogP contribution < -0.4 is 9.64 Å². The van der Waals surface area contributed by atoms with E-state index in [1.807, 2.05) is 47.4 Å². The summed E-state index contributed by atoms with van der Waals surface area (Å²) < 4.78 is 11.8. The summed E-state index contributed by atoms with van der Waals surface area (Å²) in [5, 5.41) is 1.45. The number of hydrogen-bond donors (Lipinski definition) is 0. The van der Waals surface area contributed by atoms with Gasteiger partial charge in [-0.25, -0.2) is 4.98 Å². The molecule has 0 aliphatic carbocycles. The van der Waals surface area contributed by atoms with Gasteiger partial charge in [0.15, 0.2) is 5.13 Å². The van der Waals surface area contributed by atoms with Gasteiger partial charge < -0.3 is 9.47 Å². The number of thiazole rings is 1. The summed E-state index contributed by atoms with van der Waals surface area (Å²) >= 11 is 9.17. The average molecular weight is 492 g/mol. The summed E-state index contributed by atoms with van der Waals surface area (Å²) in [5.74, 6) is 1.55. The molecule has 170 valence electrons. The van der Waals surface area contributed by atoms with E-state index in [0.29, 0.717) is 23.7 Å². The molecule has 0 unspecified atom stereocenters. The molecule has 1 aromatic heterocycles. The van der Waals surface area contributed by atoms with Crippen molar-refractivity contribution in [3.05, 3.63) is 47.5 Å². The highest BCUT2D eigenvalue weighted by molar-refractivity contribution is 7.99. The van der Waals surface area contributed by atoms with Crippen molar-refractivity contribution in [3.63, 3.8) is 0 Å². The molecule has 9 heteroatoms. The second-order valence-corrected chi connectivity index (χ2v) is 10.00. The second kappa shape index (κ2) is 11.3. The van der Waals surface area contributed by atoms with Crippen molar-refractivity contribution >= 4 is 56.0 Å². The molecule has 1 aliphatic rings. The minimum atomic E-state index is 0.0887. The van der Waals surface area contributed by atoms with Gasteiger partial charge in [0.1, 0.15) is 5.75 Å². The number of rotatable bonds is 9. The van der Waals surface area contributed by atoms with Gasteiger partial charge in [0.2, 0.25) is 5.91 Å². The smallest absolute Gasteiger partial charge is 0.229 e. The van der Waals surface area contributed by atoms with Crippen LogP contribution in [-0.4, -0.2) is 68.0 Å². The van der Waals surface area contributed by atoms with Crippen LogP contribution in [0.4, 0.5) is 5.13 Å². The summed E-state index contributed by atoms with van der Waals surface area (Å²) in [6.07, 6.45) is 0.440. The monoisotopic (exact) mass is 491 g/mol. The Bertz CT molecular complexity index is 1040. The molecule has 2 heterocycles. The molecule has 3 aromatic rings. The highest BCUT2D eigenvalue weighted by atomic mass is 35.5. The molecule has 1 aliphatic heterocycles. The summed E-state index contributed by atoms with van der Waals surface area (Å²) in [4.78, 5) is 23.3. The Balaban J connectivity index is 1.45. The number of anilines is 1. The number of hydrogen-bond acceptors (Lipinski definition) is 7. The van der Waals surface area contributed by atoms with Gasteiger partial charge in [-0.1, -0.05) is 22.9 Å². The Morgan fingerprint density at radius 2 is 2.03 bits per heavy atom. The van der Waals surface area contributed by atoms with E-state index in [1.165, 1.54) is 0 Å². The molecular formula is C23H26ClN3O3S2. The fraction of sp³-hybridized carbons (Fsp3) is 0.391. The number of aromatic nitrogens is 1. The van der Waals surface area contributed by atoms with Crippen LogP contribution in [0.15, 0.2) is 47.4 Å². The minimum absolute atomic E-state index is 0.0887. The van der Waals surface area contributed by atoms with Crippen LogP contribution in [0.25, 0.3) is 10.2 Å². The third kappa shape index (κ3) is 6.14. The third-order valence-electron chi connectivity index (χ3n) is 5.26. The van der Waals surface area contributed by atoms with Gasteiger partial charge in [-0.05, 0) is 36.4 Å². The molecule has 4 rings (SSSR count). The number of fused-ring (bicyclic) bond motifs is 1. The maximum atomic E-state index is 13.3. The fourth-order valence-corrected chi connectivity index (χ4v) is 5.41. The van der Waals surface area contributed by atoms with Crippen LogP contribution in [0.3, 0.4) is 0 Å². The molecule has 0 saturated carbocycles. The van der Waals surface area contributed by atoms with Crippen molar-refractivity contribution in [1.82, 2.24) is 9.88 Å². The largest absolute Gasteiger partial charge is 0.497 e. The Kier molecular flexibility index (Phi) is 8.26. The van der Waals surface area contributed by atoms with Crippen LogP contribution in [-0.2, 0) is 9.53 Å². The number of amides is 1. The van der Waals surface area contributed by atoms with Crippen LogP contribution in [0.1, 0.15) is 6.42 Å². The number of nitrogens with zero attached hydrogens (tertiary/aromatic N) is 3. The fourth-order valence-electron chi connectivity index (χ4n) is 3.45. The molecule has 0 atom stereocenters. The Morgan fingerprint density at radius 3 is 2.78 bits per heavy atom. The van der Waals surface area contributed by atoms with Gasteiger partial charge in [0.05, 0.1) is 30.5 Å². The van der Waals surface area contributed by atoms with Gasteiger partial charge in [-0.3, -0.25) is 14.6 Å². The first-order chi connectivity index (χ1) is 15.6. The average Bonchev–Trinajstić information content (AvgIpc) is 3.24. The second-order valence-electron chi connectivity index (χ2n) is 7.38. The maximum absolute atomic E-state index is 13.3. The number of halogens is 1.